The zero-order chi connectivity index (χ0) is 13.1. The fourth-order valence-corrected chi connectivity index (χ4v) is 1.75. The van der Waals surface area contributed by atoms with E-state index in [-0.39, 0.29) is 5.33 Å². The molecule has 0 aliphatic heterocycles. The van der Waals surface area contributed by atoms with Gasteiger partial charge in [0.1, 0.15) is 5.60 Å². The highest BCUT2D eigenvalue weighted by atomic mass is 79.9. The first kappa shape index (κ1) is 14.2. The quantitative estimate of drug-likeness (QED) is 0.840. The second kappa shape index (κ2) is 5.65. The molecule has 1 amide bonds. The van der Waals surface area contributed by atoms with E-state index in [2.05, 4.69) is 28.2 Å². The minimum absolute atomic E-state index is 0.206. The maximum absolute atomic E-state index is 11.7. The number of hydrogen-bond donors (Lipinski definition) is 2. The largest absolute Gasteiger partial charge is 0.379 e. The van der Waals surface area contributed by atoms with Gasteiger partial charge in [-0.3, -0.25) is 4.79 Å². The van der Waals surface area contributed by atoms with Gasteiger partial charge >= 0.3 is 0 Å². The molecular formula is C13H18BrNO2. The van der Waals surface area contributed by atoms with Crippen LogP contribution in [0.25, 0.3) is 0 Å². The van der Waals surface area contributed by atoms with Crippen LogP contribution >= 0.6 is 15.9 Å². The zero-order valence-corrected chi connectivity index (χ0v) is 12.0. The Kier molecular flexibility index (Phi) is 4.71. The summed E-state index contributed by atoms with van der Waals surface area (Å²) in [5.41, 5.74) is 1.72. The van der Waals surface area contributed by atoms with Crippen molar-refractivity contribution in [3.8, 4) is 0 Å². The van der Waals surface area contributed by atoms with Crippen LogP contribution in [0.1, 0.15) is 25.0 Å². The third-order valence-corrected chi connectivity index (χ3v) is 3.82. The smallest absolute Gasteiger partial charge is 0.256 e. The molecule has 0 fully saturated rings. The molecule has 2 N–H and O–H groups in total. The summed E-state index contributed by atoms with van der Waals surface area (Å²) in [5.74, 6) is -0.405. The zero-order valence-electron chi connectivity index (χ0n) is 10.4. The van der Waals surface area contributed by atoms with Gasteiger partial charge in [0, 0.05) is 11.0 Å². The minimum Gasteiger partial charge on any atom is -0.379 e. The molecule has 1 rings (SSSR count). The lowest BCUT2D eigenvalue weighted by molar-refractivity contribution is -0.130. The number of amides is 1. The van der Waals surface area contributed by atoms with Gasteiger partial charge in [-0.05, 0) is 43.5 Å². The van der Waals surface area contributed by atoms with E-state index in [1.54, 1.807) is 0 Å². The number of nitrogens with one attached hydrogen (secondary N) is 1. The number of alkyl halides is 1. The van der Waals surface area contributed by atoms with E-state index >= 15 is 0 Å². The average molecular weight is 300 g/mol. The van der Waals surface area contributed by atoms with Crippen molar-refractivity contribution in [2.24, 2.45) is 0 Å². The number of carbonyl (C=O) groups is 1. The van der Waals surface area contributed by atoms with Crippen molar-refractivity contribution in [1.29, 1.82) is 0 Å². The van der Waals surface area contributed by atoms with E-state index in [1.807, 2.05) is 25.1 Å². The Hall–Kier alpha value is -0.870. The Morgan fingerprint density at radius 2 is 2.18 bits per heavy atom. The van der Waals surface area contributed by atoms with Crippen LogP contribution in [0.5, 0.6) is 0 Å². The molecule has 17 heavy (non-hydrogen) atoms. The molecule has 1 atom stereocenters. The monoisotopic (exact) mass is 299 g/mol. The lowest BCUT2D eigenvalue weighted by Gasteiger charge is -2.19. The van der Waals surface area contributed by atoms with Gasteiger partial charge < -0.3 is 10.4 Å². The summed E-state index contributed by atoms with van der Waals surface area (Å²) >= 11 is 3.11. The maximum Gasteiger partial charge on any atom is 0.256 e. The van der Waals surface area contributed by atoms with E-state index in [1.165, 1.54) is 12.5 Å². The van der Waals surface area contributed by atoms with Gasteiger partial charge in [-0.2, -0.15) is 0 Å². The summed E-state index contributed by atoms with van der Waals surface area (Å²) in [5, 5.41) is 12.7. The topological polar surface area (TPSA) is 49.3 Å². The third-order valence-electron chi connectivity index (χ3n) is 2.73. The predicted octanol–water partition coefficient (Wildman–Crippen LogP) is 2.64. The summed E-state index contributed by atoms with van der Waals surface area (Å²) in [6.45, 7) is 5.58. The van der Waals surface area contributed by atoms with Gasteiger partial charge in [-0.1, -0.05) is 28.9 Å². The lowest BCUT2D eigenvalue weighted by Crippen LogP contribution is -2.41. The Morgan fingerprint density at radius 1 is 1.53 bits per heavy atom. The molecule has 0 aliphatic carbocycles. The molecule has 94 valence electrons. The molecule has 1 aromatic rings. The molecule has 0 saturated carbocycles. The second-order valence-electron chi connectivity index (χ2n) is 4.36. The first-order chi connectivity index (χ1) is 7.90. The fraction of sp³-hybridized carbons (Fsp3) is 0.462. The van der Waals surface area contributed by atoms with Crippen LogP contribution in [-0.2, 0) is 11.2 Å². The van der Waals surface area contributed by atoms with E-state index in [4.69, 9.17) is 0 Å². The Bertz CT molecular complexity index is 416. The van der Waals surface area contributed by atoms with Crippen molar-refractivity contribution in [1.82, 2.24) is 0 Å². The number of rotatable bonds is 4. The molecule has 1 aromatic carbocycles. The van der Waals surface area contributed by atoms with E-state index in [9.17, 15) is 9.90 Å². The highest BCUT2D eigenvalue weighted by Crippen LogP contribution is 2.17. The average Bonchev–Trinajstić information content (AvgIpc) is 2.29. The highest BCUT2D eigenvalue weighted by Gasteiger charge is 2.28. The van der Waals surface area contributed by atoms with Crippen molar-refractivity contribution in [2.75, 3.05) is 10.6 Å². The van der Waals surface area contributed by atoms with Gasteiger partial charge in [0.05, 0.1) is 0 Å². The summed E-state index contributed by atoms with van der Waals surface area (Å²) in [6, 6.07) is 5.77. The number of hydrogen-bond acceptors (Lipinski definition) is 2. The summed E-state index contributed by atoms with van der Waals surface area (Å²) in [6.07, 6.45) is 0.971. The molecule has 0 radical (unpaired) electrons. The second-order valence-corrected chi connectivity index (χ2v) is 4.92. The first-order valence-electron chi connectivity index (χ1n) is 5.60. The predicted molar refractivity (Wildman–Crippen MR) is 73.6 cm³/mol. The number of carbonyl (C=O) groups excluding carboxylic acids is 1. The molecule has 0 aliphatic rings. The summed E-state index contributed by atoms with van der Waals surface area (Å²) < 4.78 is 0. The standard InChI is InChI=1S/C13H18BrNO2/c1-4-10-5-6-11(7-9(10)2)15-12(16)13(3,17)8-14/h5-7,17H,4,8H2,1-3H3,(H,15,16). The van der Waals surface area contributed by atoms with Crippen LogP contribution in [-0.4, -0.2) is 21.9 Å². The molecule has 0 aromatic heterocycles. The van der Waals surface area contributed by atoms with Crippen LogP contribution in [0.4, 0.5) is 5.69 Å². The van der Waals surface area contributed by atoms with Crippen LogP contribution in [0.15, 0.2) is 18.2 Å². The first-order valence-corrected chi connectivity index (χ1v) is 6.72. The van der Waals surface area contributed by atoms with Crippen molar-refractivity contribution in [2.45, 2.75) is 32.8 Å². The van der Waals surface area contributed by atoms with Gasteiger partial charge in [0.25, 0.3) is 5.91 Å². The molecule has 3 nitrogen and oxygen atoms in total. The van der Waals surface area contributed by atoms with Crippen LogP contribution in [0.2, 0.25) is 0 Å². The van der Waals surface area contributed by atoms with E-state index in [0.29, 0.717) is 5.69 Å². The number of benzene rings is 1. The summed E-state index contributed by atoms with van der Waals surface area (Å²) in [7, 11) is 0. The number of halogens is 1. The van der Waals surface area contributed by atoms with Crippen molar-refractivity contribution in [3.05, 3.63) is 29.3 Å². The molecule has 0 saturated heterocycles. The number of anilines is 1. The minimum atomic E-state index is -1.39. The Balaban J connectivity index is 2.83. The van der Waals surface area contributed by atoms with Gasteiger partial charge in [0.15, 0.2) is 0 Å². The fourth-order valence-electron chi connectivity index (χ4n) is 1.50. The molecule has 0 heterocycles. The maximum atomic E-state index is 11.7. The number of aliphatic hydroxyl groups is 1. The molecule has 0 bridgehead atoms. The Morgan fingerprint density at radius 3 is 2.65 bits per heavy atom. The van der Waals surface area contributed by atoms with E-state index < -0.39 is 11.5 Å². The van der Waals surface area contributed by atoms with Gasteiger partial charge in [-0.15, -0.1) is 0 Å². The van der Waals surface area contributed by atoms with Crippen molar-refractivity contribution >= 4 is 27.5 Å². The lowest BCUT2D eigenvalue weighted by atomic mass is 10.0. The molecule has 4 heteroatoms. The van der Waals surface area contributed by atoms with Crippen LogP contribution < -0.4 is 5.32 Å². The van der Waals surface area contributed by atoms with E-state index in [0.717, 1.165) is 12.0 Å². The van der Waals surface area contributed by atoms with Gasteiger partial charge in [-0.25, -0.2) is 0 Å². The van der Waals surface area contributed by atoms with Crippen LogP contribution in [0.3, 0.4) is 0 Å². The van der Waals surface area contributed by atoms with Crippen molar-refractivity contribution in [3.63, 3.8) is 0 Å². The third kappa shape index (κ3) is 3.54. The molecule has 1 unspecified atom stereocenters. The van der Waals surface area contributed by atoms with Crippen LogP contribution in [0, 0.1) is 6.92 Å². The molecule has 0 spiro atoms. The number of aryl methyl sites for hydroxylation is 2. The summed E-state index contributed by atoms with van der Waals surface area (Å²) in [4.78, 5) is 11.7. The highest BCUT2D eigenvalue weighted by molar-refractivity contribution is 9.09. The van der Waals surface area contributed by atoms with Gasteiger partial charge in [0.2, 0.25) is 0 Å². The molecular weight excluding hydrogens is 282 g/mol. The SMILES string of the molecule is CCc1ccc(NC(=O)C(C)(O)CBr)cc1C. The Labute approximate surface area is 110 Å². The van der Waals surface area contributed by atoms with Crippen molar-refractivity contribution < 1.29 is 9.90 Å². The normalized spacial score (nSPS) is 14.2.